The Hall–Kier alpha value is -3.56. The predicted molar refractivity (Wildman–Crippen MR) is 119 cm³/mol. The molecular formula is C22H12Cl2F3N3O3. The van der Waals surface area contributed by atoms with Gasteiger partial charge in [-0.05, 0) is 42.5 Å². The number of amides is 1. The van der Waals surface area contributed by atoms with E-state index in [0.717, 1.165) is 18.2 Å². The highest BCUT2D eigenvalue weighted by Crippen LogP contribution is 2.35. The smallest absolute Gasteiger partial charge is 0.321 e. The largest absolute Gasteiger partial charge is 0.416 e. The van der Waals surface area contributed by atoms with Gasteiger partial charge in [0, 0.05) is 23.7 Å². The fourth-order valence-corrected chi connectivity index (χ4v) is 3.89. The van der Waals surface area contributed by atoms with Crippen molar-refractivity contribution in [2.24, 2.45) is 0 Å². The Kier molecular flexibility index (Phi) is 5.77. The SMILES string of the molecule is O=C(Nc1cccc2c1ccn2-c1ccc(C(F)(F)F)cc1Cl)c1ccc([N+](=O)[O-])cc1Cl. The van der Waals surface area contributed by atoms with Gasteiger partial charge in [-0.1, -0.05) is 29.3 Å². The number of nitrogens with one attached hydrogen (secondary N) is 1. The standard InChI is InChI=1S/C22H12Cl2F3N3O3/c23-16-11-13(30(32)33)5-6-14(16)21(31)28-18-2-1-3-19-15(18)8-9-29(19)20-7-4-12(10-17(20)24)22(25,26)27/h1-11H,(H,28,31). The van der Waals surface area contributed by atoms with Crippen LogP contribution in [-0.4, -0.2) is 15.4 Å². The van der Waals surface area contributed by atoms with Gasteiger partial charge < -0.3 is 9.88 Å². The Morgan fingerprint density at radius 3 is 2.39 bits per heavy atom. The van der Waals surface area contributed by atoms with E-state index in [2.05, 4.69) is 5.32 Å². The molecule has 0 aliphatic carbocycles. The number of halogens is 5. The van der Waals surface area contributed by atoms with Crippen LogP contribution in [0.3, 0.4) is 0 Å². The molecule has 0 fully saturated rings. The fourth-order valence-electron chi connectivity index (χ4n) is 3.36. The van der Waals surface area contributed by atoms with Crippen molar-refractivity contribution in [3.8, 4) is 5.69 Å². The summed E-state index contributed by atoms with van der Waals surface area (Å²) in [4.78, 5) is 23.0. The third-order valence-corrected chi connectivity index (χ3v) is 5.54. The van der Waals surface area contributed by atoms with Crippen LogP contribution in [0.2, 0.25) is 10.0 Å². The molecule has 4 aromatic rings. The van der Waals surface area contributed by atoms with Crippen molar-refractivity contribution < 1.29 is 22.9 Å². The maximum atomic E-state index is 13.0. The van der Waals surface area contributed by atoms with Gasteiger partial charge in [-0.3, -0.25) is 14.9 Å². The predicted octanol–water partition coefficient (Wildman–Crippen LogP) is 7.12. The number of nitrogens with zero attached hydrogens (tertiary/aromatic N) is 2. The maximum Gasteiger partial charge on any atom is 0.416 e. The maximum absolute atomic E-state index is 13.0. The second-order valence-corrected chi connectivity index (χ2v) is 7.78. The number of rotatable bonds is 4. The van der Waals surface area contributed by atoms with E-state index in [1.54, 1.807) is 35.0 Å². The number of hydrogen-bond acceptors (Lipinski definition) is 3. The van der Waals surface area contributed by atoms with Crippen LogP contribution in [0.25, 0.3) is 16.6 Å². The van der Waals surface area contributed by atoms with Crippen LogP contribution in [0.1, 0.15) is 15.9 Å². The van der Waals surface area contributed by atoms with Crippen molar-refractivity contribution in [3.05, 3.63) is 98.1 Å². The van der Waals surface area contributed by atoms with Crippen molar-refractivity contribution in [2.75, 3.05) is 5.32 Å². The molecule has 3 aromatic carbocycles. The van der Waals surface area contributed by atoms with E-state index < -0.39 is 22.6 Å². The highest BCUT2D eigenvalue weighted by Gasteiger charge is 2.31. The lowest BCUT2D eigenvalue weighted by molar-refractivity contribution is -0.384. The van der Waals surface area contributed by atoms with E-state index >= 15 is 0 Å². The molecule has 1 N–H and O–H groups in total. The Morgan fingerprint density at radius 2 is 1.76 bits per heavy atom. The van der Waals surface area contributed by atoms with Crippen molar-refractivity contribution in [1.29, 1.82) is 0 Å². The number of carbonyl (C=O) groups is 1. The minimum Gasteiger partial charge on any atom is -0.321 e. The zero-order chi connectivity index (χ0) is 23.9. The van der Waals surface area contributed by atoms with Crippen molar-refractivity contribution in [2.45, 2.75) is 6.18 Å². The second-order valence-electron chi connectivity index (χ2n) is 6.96. The average molecular weight is 494 g/mol. The zero-order valence-electron chi connectivity index (χ0n) is 16.4. The molecule has 0 atom stereocenters. The first-order valence-corrected chi connectivity index (χ1v) is 10.0. The number of hydrogen-bond donors (Lipinski definition) is 1. The van der Waals surface area contributed by atoms with E-state index in [-0.39, 0.29) is 21.3 Å². The normalized spacial score (nSPS) is 11.5. The van der Waals surface area contributed by atoms with Gasteiger partial charge in [0.1, 0.15) is 0 Å². The zero-order valence-corrected chi connectivity index (χ0v) is 17.9. The fraction of sp³-hybridized carbons (Fsp3) is 0.0455. The lowest BCUT2D eigenvalue weighted by Crippen LogP contribution is -2.12. The number of carbonyl (C=O) groups excluding carboxylic acids is 1. The average Bonchev–Trinajstić information content (AvgIpc) is 3.17. The summed E-state index contributed by atoms with van der Waals surface area (Å²) in [5, 5.41) is 14.0. The molecule has 0 saturated heterocycles. The lowest BCUT2D eigenvalue weighted by Gasteiger charge is -2.12. The van der Waals surface area contributed by atoms with Gasteiger partial charge in [0.25, 0.3) is 11.6 Å². The van der Waals surface area contributed by atoms with Gasteiger partial charge in [-0.15, -0.1) is 0 Å². The number of alkyl halides is 3. The highest BCUT2D eigenvalue weighted by molar-refractivity contribution is 6.35. The third kappa shape index (κ3) is 4.37. The molecule has 0 spiro atoms. The first kappa shape index (κ1) is 22.6. The van der Waals surface area contributed by atoms with Crippen molar-refractivity contribution in [3.63, 3.8) is 0 Å². The van der Waals surface area contributed by atoms with Crippen LogP contribution in [0.15, 0.2) is 66.9 Å². The van der Waals surface area contributed by atoms with Gasteiger partial charge in [0.15, 0.2) is 0 Å². The van der Waals surface area contributed by atoms with Gasteiger partial charge in [-0.2, -0.15) is 13.2 Å². The molecule has 4 rings (SSSR count). The summed E-state index contributed by atoms with van der Waals surface area (Å²) in [6, 6.07) is 13.3. The molecule has 0 bridgehead atoms. The number of anilines is 1. The van der Waals surface area contributed by atoms with Crippen LogP contribution in [0.4, 0.5) is 24.5 Å². The summed E-state index contributed by atoms with van der Waals surface area (Å²) in [6.07, 6.45) is -2.90. The number of nitro groups is 1. The molecule has 1 aromatic heterocycles. The summed E-state index contributed by atoms with van der Waals surface area (Å²) in [5.41, 5.74) is 0.272. The topological polar surface area (TPSA) is 77.2 Å². The van der Waals surface area contributed by atoms with Crippen LogP contribution in [0, 0.1) is 10.1 Å². The van der Waals surface area contributed by atoms with Gasteiger partial charge in [0.05, 0.1) is 43.0 Å². The molecule has 0 radical (unpaired) electrons. The van der Waals surface area contributed by atoms with Gasteiger partial charge in [0.2, 0.25) is 0 Å². The van der Waals surface area contributed by atoms with Gasteiger partial charge >= 0.3 is 6.18 Å². The number of aromatic nitrogens is 1. The van der Waals surface area contributed by atoms with Crippen LogP contribution >= 0.6 is 23.2 Å². The summed E-state index contributed by atoms with van der Waals surface area (Å²) in [7, 11) is 0. The number of non-ortho nitro benzene ring substituents is 1. The summed E-state index contributed by atoms with van der Waals surface area (Å²) in [5.74, 6) is -0.581. The quantitative estimate of drug-likeness (QED) is 0.243. The van der Waals surface area contributed by atoms with Crippen LogP contribution in [-0.2, 0) is 6.18 Å². The first-order valence-electron chi connectivity index (χ1n) is 9.29. The van der Waals surface area contributed by atoms with Crippen molar-refractivity contribution in [1.82, 2.24) is 4.57 Å². The lowest BCUT2D eigenvalue weighted by atomic mass is 10.1. The van der Waals surface area contributed by atoms with Crippen LogP contribution < -0.4 is 5.32 Å². The second kappa shape index (κ2) is 8.42. The molecule has 168 valence electrons. The summed E-state index contributed by atoms with van der Waals surface area (Å²) < 4.78 is 40.5. The number of fused-ring (bicyclic) bond motifs is 1. The van der Waals surface area contributed by atoms with Crippen LogP contribution in [0.5, 0.6) is 0 Å². The molecule has 1 amide bonds. The van der Waals surface area contributed by atoms with E-state index in [1.165, 1.54) is 18.2 Å². The monoisotopic (exact) mass is 493 g/mol. The molecule has 1 heterocycles. The van der Waals surface area contributed by atoms with Crippen molar-refractivity contribution >= 4 is 51.4 Å². The van der Waals surface area contributed by atoms with E-state index in [1.807, 2.05) is 0 Å². The number of nitro benzene ring substituents is 1. The molecule has 11 heteroatoms. The third-order valence-electron chi connectivity index (χ3n) is 4.92. The Balaban J connectivity index is 1.69. The first-order chi connectivity index (χ1) is 15.6. The molecule has 0 unspecified atom stereocenters. The Labute approximate surface area is 194 Å². The molecule has 6 nitrogen and oxygen atoms in total. The Bertz CT molecular complexity index is 1420. The van der Waals surface area contributed by atoms with E-state index in [9.17, 15) is 28.1 Å². The number of benzene rings is 3. The molecular weight excluding hydrogens is 482 g/mol. The molecule has 33 heavy (non-hydrogen) atoms. The summed E-state index contributed by atoms with van der Waals surface area (Å²) in [6.45, 7) is 0. The molecule has 0 aliphatic rings. The Morgan fingerprint density at radius 1 is 1.00 bits per heavy atom. The van der Waals surface area contributed by atoms with Gasteiger partial charge in [-0.25, -0.2) is 0 Å². The minimum absolute atomic E-state index is 0.0458. The molecule has 0 saturated carbocycles. The minimum atomic E-state index is -4.52. The van der Waals surface area contributed by atoms with E-state index in [0.29, 0.717) is 22.3 Å². The van der Waals surface area contributed by atoms with E-state index in [4.69, 9.17) is 23.2 Å². The summed E-state index contributed by atoms with van der Waals surface area (Å²) >= 11 is 12.2. The molecule has 0 aliphatic heterocycles. The highest BCUT2D eigenvalue weighted by atomic mass is 35.5.